The average Bonchev–Trinajstić information content (AvgIpc) is 3.34. The van der Waals surface area contributed by atoms with Gasteiger partial charge in [-0.25, -0.2) is 0 Å². The van der Waals surface area contributed by atoms with Gasteiger partial charge in [-0.1, -0.05) is 43.2 Å². The fourth-order valence-corrected chi connectivity index (χ4v) is 4.80. The van der Waals surface area contributed by atoms with E-state index in [1.807, 2.05) is 61.3 Å². The van der Waals surface area contributed by atoms with Crippen molar-refractivity contribution in [1.29, 1.82) is 0 Å². The Labute approximate surface area is 190 Å². The van der Waals surface area contributed by atoms with Crippen molar-refractivity contribution < 1.29 is 14.3 Å². The van der Waals surface area contributed by atoms with Crippen molar-refractivity contribution in [2.75, 3.05) is 19.7 Å². The van der Waals surface area contributed by atoms with Crippen LogP contribution in [0.4, 0.5) is 0 Å². The second-order valence-corrected chi connectivity index (χ2v) is 9.33. The van der Waals surface area contributed by atoms with Gasteiger partial charge in [0.05, 0.1) is 13.2 Å². The minimum absolute atomic E-state index is 0.00292. The molecule has 1 atom stereocenters. The van der Waals surface area contributed by atoms with Crippen molar-refractivity contribution in [1.82, 2.24) is 15.2 Å². The van der Waals surface area contributed by atoms with Gasteiger partial charge in [0.25, 0.3) is 5.91 Å². The molecule has 1 aromatic carbocycles. The van der Waals surface area contributed by atoms with Gasteiger partial charge in [-0.05, 0) is 49.4 Å². The highest BCUT2D eigenvalue weighted by Gasteiger charge is 2.46. The Bertz CT molecular complexity index is 923. The number of morpholine rings is 1. The maximum absolute atomic E-state index is 13.3. The summed E-state index contributed by atoms with van der Waals surface area (Å²) in [6, 6.07) is 12.1. The molecular weight excluding hydrogens is 402 g/mol. The molecule has 0 radical (unpaired) electrons. The van der Waals surface area contributed by atoms with E-state index >= 15 is 0 Å². The second-order valence-electron chi connectivity index (χ2n) is 9.33. The predicted octanol–water partition coefficient (Wildman–Crippen LogP) is 3.60. The molecule has 6 heteroatoms. The lowest BCUT2D eigenvalue weighted by Gasteiger charge is -2.42. The summed E-state index contributed by atoms with van der Waals surface area (Å²) in [4.78, 5) is 32.5. The largest absolute Gasteiger partial charge is 0.361 e. The Morgan fingerprint density at radius 2 is 1.91 bits per heavy atom. The third-order valence-electron chi connectivity index (χ3n) is 6.47. The van der Waals surface area contributed by atoms with E-state index in [2.05, 4.69) is 10.3 Å². The first-order valence-corrected chi connectivity index (χ1v) is 11.7. The number of carbonyl (C=O) groups excluding carboxylic acids is 2. The van der Waals surface area contributed by atoms with Crippen LogP contribution in [0.3, 0.4) is 0 Å². The molecule has 32 heavy (non-hydrogen) atoms. The van der Waals surface area contributed by atoms with E-state index in [1.54, 1.807) is 6.20 Å². The summed E-state index contributed by atoms with van der Waals surface area (Å²) in [5, 5.41) is 3.03. The van der Waals surface area contributed by atoms with Crippen LogP contribution in [0.25, 0.3) is 11.1 Å². The Balaban J connectivity index is 1.56. The highest BCUT2D eigenvalue weighted by molar-refractivity contribution is 5.88. The van der Waals surface area contributed by atoms with E-state index in [4.69, 9.17) is 4.74 Å². The lowest BCUT2D eigenvalue weighted by molar-refractivity contribution is -0.168. The van der Waals surface area contributed by atoms with Crippen molar-refractivity contribution in [3.05, 3.63) is 54.4 Å². The SMILES string of the molecule is CC(C)NC(=O)[C@]1(Cc2ccc(-c3cccnc3)cc2)CN(C(=O)C2CCCC2)CCO1. The van der Waals surface area contributed by atoms with E-state index in [0.29, 0.717) is 26.1 Å². The fourth-order valence-electron chi connectivity index (χ4n) is 4.80. The van der Waals surface area contributed by atoms with Crippen molar-refractivity contribution in [2.24, 2.45) is 5.92 Å². The van der Waals surface area contributed by atoms with E-state index in [0.717, 1.165) is 42.4 Å². The normalized spacial score (nSPS) is 21.7. The zero-order valence-corrected chi connectivity index (χ0v) is 19.0. The van der Waals surface area contributed by atoms with Crippen LogP contribution in [0.15, 0.2) is 48.8 Å². The molecule has 1 N–H and O–H groups in total. The number of aromatic nitrogens is 1. The van der Waals surface area contributed by atoms with Gasteiger partial charge in [0.15, 0.2) is 5.60 Å². The number of benzene rings is 1. The molecule has 1 saturated carbocycles. The Kier molecular flexibility index (Phi) is 6.89. The molecule has 1 saturated heterocycles. The minimum Gasteiger partial charge on any atom is -0.361 e. The lowest BCUT2D eigenvalue weighted by Crippen LogP contribution is -2.63. The zero-order valence-electron chi connectivity index (χ0n) is 19.0. The fraction of sp³-hybridized carbons (Fsp3) is 0.500. The molecule has 2 amide bonds. The monoisotopic (exact) mass is 435 g/mol. The average molecular weight is 436 g/mol. The van der Waals surface area contributed by atoms with E-state index < -0.39 is 5.60 Å². The third kappa shape index (κ3) is 5.01. The number of hydrogen-bond donors (Lipinski definition) is 1. The van der Waals surface area contributed by atoms with Crippen LogP contribution in [0, 0.1) is 5.92 Å². The quantitative estimate of drug-likeness (QED) is 0.753. The zero-order chi connectivity index (χ0) is 22.6. The number of nitrogens with zero attached hydrogens (tertiary/aromatic N) is 2. The molecule has 1 aliphatic heterocycles. The maximum Gasteiger partial charge on any atom is 0.254 e. The molecule has 2 fully saturated rings. The molecule has 4 rings (SSSR count). The highest BCUT2D eigenvalue weighted by Crippen LogP contribution is 2.30. The van der Waals surface area contributed by atoms with Crippen LogP contribution in [-0.4, -0.2) is 53.0 Å². The number of nitrogens with one attached hydrogen (secondary N) is 1. The molecular formula is C26H33N3O3. The number of hydrogen-bond acceptors (Lipinski definition) is 4. The van der Waals surface area contributed by atoms with Gasteiger partial charge in [-0.3, -0.25) is 14.6 Å². The standard InChI is InChI=1S/C26H33N3O3/c1-19(2)28-25(31)26(18-29(14-15-32-26)24(30)22-6-3-4-7-22)16-20-9-11-21(12-10-20)23-8-5-13-27-17-23/h5,8-13,17,19,22H,3-4,6-7,14-16,18H2,1-2H3,(H,28,31)/t26-/m0/s1. The molecule has 2 heterocycles. The summed E-state index contributed by atoms with van der Waals surface area (Å²) in [6.45, 7) is 5.10. The number of carbonyl (C=O) groups is 2. The predicted molar refractivity (Wildman–Crippen MR) is 124 cm³/mol. The van der Waals surface area contributed by atoms with Crippen LogP contribution < -0.4 is 5.32 Å². The second kappa shape index (κ2) is 9.82. The molecule has 0 bridgehead atoms. The van der Waals surface area contributed by atoms with Crippen LogP contribution in [0.1, 0.15) is 45.1 Å². The smallest absolute Gasteiger partial charge is 0.254 e. The number of rotatable bonds is 6. The summed E-state index contributed by atoms with van der Waals surface area (Å²) in [7, 11) is 0. The van der Waals surface area contributed by atoms with Crippen molar-refractivity contribution in [2.45, 2.75) is 57.6 Å². The summed E-state index contributed by atoms with van der Waals surface area (Å²) < 4.78 is 6.17. The number of ether oxygens (including phenoxy) is 1. The Morgan fingerprint density at radius 1 is 1.16 bits per heavy atom. The Morgan fingerprint density at radius 3 is 2.56 bits per heavy atom. The van der Waals surface area contributed by atoms with Gasteiger partial charge < -0.3 is 15.0 Å². The third-order valence-corrected chi connectivity index (χ3v) is 6.47. The van der Waals surface area contributed by atoms with Crippen molar-refractivity contribution in [3.63, 3.8) is 0 Å². The molecule has 0 unspecified atom stereocenters. The molecule has 6 nitrogen and oxygen atoms in total. The summed E-state index contributed by atoms with van der Waals surface area (Å²) in [6.07, 6.45) is 8.16. The van der Waals surface area contributed by atoms with Gasteiger partial charge in [0.1, 0.15) is 0 Å². The first kappa shape index (κ1) is 22.5. The van der Waals surface area contributed by atoms with Crippen LogP contribution in [0.5, 0.6) is 0 Å². The number of pyridine rings is 1. The first-order valence-electron chi connectivity index (χ1n) is 11.7. The molecule has 170 valence electrons. The molecule has 1 aliphatic carbocycles. The minimum atomic E-state index is -1.08. The van der Waals surface area contributed by atoms with E-state index in [1.165, 1.54) is 0 Å². The van der Waals surface area contributed by atoms with Crippen LogP contribution in [-0.2, 0) is 20.7 Å². The molecule has 2 aliphatic rings. The number of amides is 2. The van der Waals surface area contributed by atoms with Crippen LogP contribution >= 0.6 is 0 Å². The first-order chi connectivity index (χ1) is 15.5. The lowest BCUT2D eigenvalue weighted by atomic mass is 9.89. The molecule has 1 aromatic heterocycles. The summed E-state index contributed by atoms with van der Waals surface area (Å²) >= 11 is 0. The van der Waals surface area contributed by atoms with E-state index in [9.17, 15) is 9.59 Å². The summed E-state index contributed by atoms with van der Waals surface area (Å²) in [5.41, 5.74) is 2.05. The Hall–Kier alpha value is -2.73. The molecule has 2 aromatic rings. The van der Waals surface area contributed by atoms with Gasteiger partial charge in [0.2, 0.25) is 5.91 Å². The van der Waals surface area contributed by atoms with Crippen LogP contribution in [0.2, 0.25) is 0 Å². The van der Waals surface area contributed by atoms with Gasteiger partial charge in [-0.15, -0.1) is 0 Å². The van der Waals surface area contributed by atoms with Gasteiger partial charge in [-0.2, -0.15) is 0 Å². The topological polar surface area (TPSA) is 71.5 Å². The van der Waals surface area contributed by atoms with Crippen molar-refractivity contribution in [3.8, 4) is 11.1 Å². The van der Waals surface area contributed by atoms with Gasteiger partial charge >= 0.3 is 0 Å². The molecule has 0 spiro atoms. The highest BCUT2D eigenvalue weighted by atomic mass is 16.5. The van der Waals surface area contributed by atoms with E-state index in [-0.39, 0.29) is 23.8 Å². The van der Waals surface area contributed by atoms with Gasteiger partial charge in [0, 0.05) is 37.3 Å². The van der Waals surface area contributed by atoms with Crippen molar-refractivity contribution >= 4 is 11.8 Å². The summed E-state index contributed by atoms with van der Waals surface area (Å²) in [5.74, 6) is 0.130. The maximum atomic E-state index is 13.3.